The number of anilines is 1. The molecule has 1 unspecified atom stereocenters. The molecular weight excluding hydrogens is 359 g/mol. The maximum absolute atomic E-state index is 11.6. The first-order chi connectivity index (χ1) is 8.81. The monoisotopic (exact) mass is 368 g/mol. The zero-order valence-electron chi connectivity index (χ0n) is 9.84. The molecule has 0 aliphatic carbocycles. The van der Waals surface area contributed by atoms with Crippen molar-refractivity contribution < 1.29 is 14.7 Å². The Bertz CT molecular complexity index is 511. The number of carboxylic acids is 1. The topological polar surface area (TPSA) is 78.4 Å². The van der Waals surface area contributed by atoms with Gasteiger partial charge in [0.1, 0.15) is 0 Å². The highest BCUT2D eigenvalue weighted by atomic mass is 79.9. The van der Waals surface area contributed by atoms with Gasteiger partial charge in [0.25, 0.3) is 0 Å². The van der Waals surface area contributed by atoms with Crippen LogP contribution >= 0.6 is 39.1 Å². The number of hydrogen-bond acceptors (Lipinski definition) is 2. The summed E-state index contributed by atoms with van der Waals surface area (Å²) in [5.41, 5.74) is 0.342. The minimum atomic E-state index is -0.988. The molecule has 1 aromatic carbocycles. The van der Waals surface area contributed by atoms with E-state index in [-0.39, 0.29) is 16.5 Å². The van der Waals surface area contributed by atoms with Crippen LogP contribution in [0, 0.1) is 0 Å². The van der Waals surface area contributed by atoms with Crippen molar-refractivity contribution >= 4 is 56.8 Å². The fourth-order valence-electron chi connectivity index (χ4n) is 1.32. The molecule has 1 atom stereocenters. The second-order valence-electron chi connectivity index (χ2n) is 3.82. The third kappa shape index (κ3) is 4.89. The number of carbonyl (C=O) groups is 2. The quantitative estimate of drug-likeness (QED) is 0.707. The van der Waals surface area contributed by atoms with Gasteiger partial charge in [-0.15, -0.1) is 0 Å². The van der Waals surface area contributed by atoms with Gasteiger partial charge in [0.2, 0.25) is 0 Å². The molecule has 2 amide bonds. The summed E-state index contributed by atoms with van der Waals surface area (Å²) in [5.74, 6) is -0.988. The van der Waals surface area contributed by atoms with Gasteiger partial charge in [-0.1, -0.05) is 23.2 Å². The van der Waals surface area contributed by atoms with Crippen LogP contribution in [0.25, 0.3) is 0 Å². The lowest BCUT2D eigenvalue weighted by Gasteiger charge is -2.14. The van der Waals surface area contributed by atoms with Crippen LogP contribution in [0.1, 0.15) is 13.3 Å². The number of carboxylic acid groups (broad SMARTS) is 1. The van der Waals surface area contributed by atoms with E-state index in [9.17, 15) is 9.59 Å². The van der Waals surface area contributed by atoms with Crippen molar-refractivity contribution in [3.8, 4) is 0 Å². The van der Waals surface area contributed by atoms with Crippen LogP contribution in [0.4, 0.5) is 10.5 Å². The molecule has 0 saturated heterocycles. The van der Waals surface area contributed by atoms with Gasteiger partial charge in [0, 0.05) is 10.5 Å². The second kappa shape index (κ2) is 6.98. The number of amides is 2. The number of nitrogens with one attached hydrogen (secondary N) is 2. The Kier molecular flexibility index (Phi) is 5.90. The molecule has 0 fully saturated rings. The third-order valence-electron chi connectivity index (χ3n) is 2.14. The number of aliphatic carboxylic acids is 1. The molecule has 0 heterocycles. The maximum atomic E-state index is 11.6. The Morgan fingerprint density at radius 2 is 2.00 bits per heavy atom. The number of carbonyl (C=O) groups excluding carboxylic acids is 1. The molecule has 8 heteroatoms. The summed E-state index contributed by atoms with van der Waals surface area (Å²) in [6.45, 7) is 1.59. The number of benzene rings is 1. The summed E-state index contributed by atoms with van der Waals surface area (Å²) in [5, 5.41) is 14.1. The van der Waals surface area contributed by atoms with Crippen molar-refractivity contribution in [1.82, 2.24) is 5.32 Å². The fourth-order valence-corrected chi connectivity index (χ4v) is 2.14. The lowest BCUT2D eigenvalue weighted by Crippen LogP contribution is -2.37. The SMILES string of the molecule is CC(CC(=O)O)NC(=O)Nc1ccc(Br)c(Cl)c1Cl. The van der Waals surface area contributed by atoms with Crippen LogP contribution in [0.5, 0.6) is 0 Å². The van der Waals surface area contributed by atoms with E-state index in [0.717, 1.165) is 0 Å². The first kappa shape index (κ1) is 16.1. The molecule has 5 nitrogen and oxygen atoms in total. The zero-order chi connectivity index (χ0) is 14.6. The van der Waals surface area contributed by atoms with Gasteiger partial charge < -0.3 is 15.7 Å². The van der Waals surface area contributed by atoms with Crippen LogP contribution in [-0.2, 0) is 4.79 Å². The molecule has 19 heavy (non-hydrogen) atoms. The highest BCUT2D eigenvalue weighted by molar-refractivity contribution is 9.10. The number of hydrogen-bond donors (Lipinski definition) is 3. The molecule has 0 aromatic heterocycles. The summed E-state index contributed by atoms with van der Waals surface area (Å²) in [4.78, 5) is 22.1. The Morgan fingerprint density at radius 3 is 2.58 bits per heavy atom. The van der Waals surface area contributed by atoms with E-state index in [1.807, 2.05) is 0 Å². The first-order valence-corrected chi connectivity index (χ1v) is 6.79. The van der Waals surface area contributed by atoms with Crippen LogP contribution in [0.2, 0.25) is 10.0 Å². The van der Waals surface area contributed by atoms with E-state index < -0.39 is 18.0 Å². The predicted octanol–water partition coefficient (Wildman–Crippen LogP) is 3.74. The van der Waals surface area contributed by atoms with Crippen LogP contribution in [0.3, 0.4) is 0 Å². The second-order valence-corrected chi connectivity index (χ2v) is 5.43. The van der Waals surface area contributed by atoms with Gasteiger partial charge in [0.05, 0.1) is 22.2 Å². The molecule has 3 N–H and O–H groups in total. The molecule has 104 valence electrons. The molecule has 1 aromatic rings. The van der Waals surface area contributed by atoms with Crippen molar-refractivity contribution in [2.45, 2.75) is 19.4 Å². The molecule has 0 spiro atoms. The summed E-state index contributed by atoms with van der Waals surface area (Å²) in [6, 6.07) is 2.18. The predicted molar refractivity (Wildman–Crippen MR) is 78.0 cm³/mol. The van der Waals surface area contributed by atoms with Crippen molar-refractivity contribution in [3.63, 3.8) is 0 Å². The Morgan fingerprint density at radius 1 is 1.37 bits per heavy atom. The average molecular weight is 370 g/mol. The van der Waals surface area contributed by atoms with E-state index >= 15 is 0 Å². The van der Waals surface area contributed by atoms with Gasteiger partial charge in [0.15, 0.2) is 0 Å². The van der Waals surface area contributed by atoms with Crippen molar-refractivity contribution in [2.24, 2.45) is 0 Å². The highest BCUT2D eigenvalue weighted by Crippen LogP contribution is 2.35. The largest absolute Gasteiger partial charge is 0.481 e. The standard InChI is InChI=1S/C11H11BrCl2N2O3/c1-5(4-8(17)18)15-11(19)16-7-3-2-6(12)9(13)10(7)14/h2-3,5H,4H2,1H3,(H,17,18)(H2,15,16,19). The van der Waals surface area contributed by atoms with Gasteiger partial charge >= 0.3 is 12.0 Å². The van der Waals surface area contributed by atoms with Crippen molar-refractivity contribution in [3.05, 3.63) is 26.7 Å². The minimum Gasteiger partial charge on any atom is -0.481 e. The first-order valence-electron chi connectivity index (χ1n) is 5.24. The number of rotatable bonds is 4. The minimum absolute atomic E-state index is 0.164. The Balaban J connectivity index is 2.67. The smallest absolute Gasteiger partial charge is 0.319 e. The lowest BCUT2D eigenvalue weighted by atomic mass is 10.2. The van der Waals surface area contributed by atoms with Gasteiger partial charge in [-0.05, 0) is 35.0 Å². The summed E-state index contributed by atoms with van der Waals surface area (Å²) in [7, 11) is 0. The van der Waals surface area contributed by atoms with Crippen molar-refractivity contribution in [1.29, 1.82) is 0 Å². The van der Waals surface area contributed by atoms with E-state index in [2.05, 4.69) is 26.6 Å². The third-order valence-corrected chi connectivity index (χ3v) is 3.91. The lowest BCUT2D eigenvalue weighted by molar-refractivity contribution is -0.137. The van der Waals surface area contributed by atoms with E-state index in [0.29, 0.717) is 10.2 Å². The normalized spacial score (nSPS) is 11.8. The van der Waals surface area contributed by atoms with E-state index in [1.165, 1.54) is 0 Å². The summed E-state index contributed by atoms with van der Waals surface area (Å²) in [6.07, 6.45) is -0.164. The molecule has 0 bridgehead atoms. The Hall–Kier alpha value is -0.980. The molecule has 0 aliphatic rings. The number of urea groups is 1. The summed E-state index contributed by atoms with van der Waals surface area (Å²) >= 11 is 15.1. The van der Waals surface area contributed by atoms with E-state index in [4.69, 9.17) is 28.3 Å². The van der Waals surface area contributed by atoms with Gasteiger partial charge in [-0.2, -0.15) is 0 Å². The molecular formula is C11H11BrCl2N2O3. The van der Waals surface area contributed by atoms with Crippen LogP contribution < -0.4 is 10.6 Å². The zero-order valence-corrected chi connectivity index (χ0v) is 12.9. The van der Waals surface area contributed by atoms with E-state index in [1.54, 1.807) is 19.1 Å². The summed E-state index contributed by atoms with van der Waals surface area (Å²) < 4.78 is 0.615. The number of halogens is 3. The molecule has 0 saturated carbocycles. The maximum Gasteiger partial charge on any atom is 0.319 e. The van der Waals surface area contributed by atoms with Crippen LogP contribution in [0.15, 0.2) is 16.6 Å². The molecule has 0 radical (unpaired) electrons. The van der Waals surface area contributed by atoms with Crippen molar-refractivity contribution in [2.75, 3.05) is 5.32 Å². The highest BCUT2D eigenvalue weighted by Gasteiger charge is 2.14. The average Bonchev–Trinajstić information content (AvgIpc) is 2.28. The molecule has 1 rings (SSSR count). The fraction of sp³-hybridized carbons (Fsp3) is 0.273. The van der Waals surface area contributed by atoms with Crippen LogP contribution in [-0.4, -0.2) is 23.1 Å². The molecule has 0 aliphatic heterocycles. The van der Waals surface area contributed by atoms with Gasteiger partial charge in [-0.3, -0.25) is 4.79 Å². The Labute approximate surface area is 128 Å². The van der Waals surface area contributed by atoms with Gasteiger partial charge in [-0.25, -0.2) is 4.79 Å².